The van der Waals surface area contributed by atoms with Crippen LogP contribution in [0.3, 0.4) is 0 Å². The molecule has 1 heterocycles. The van der Waals surface area contributed by atoms with Crippen LogP contribution in [-0.4, -0.2) is 19.6 Å². The van der Waals surface area contributed by atoms with Gasteiger partial charge < -0.3 is 10.6 Å². The molecular formula is C16H25ClN2. The summed E-state index contributed by atoms with van der Waals surface area (Å²) in [5.74, 6) is 0.924. The first kappa shape index (κ1) is 14.7. The van der Waals surface area contributed by atoms with Crippen LogP contribution in [0.25, 0.3) is 0 Å². The first-order chi connectivity index (χ1) is 9.24. The molecule has 2 N–H and O–H groups in total. The van der Waals surface area contributed by atoms with Gasteiger partial charge in [-0.3, -0.25) is 0 Å². The van der Waals surface area contributed by atoms with Crippen LogP contribution in [-0.2, 0) is 6.42 Å². The Kier molecular flexibility index (Phi) is 5.53. The minimum Gasteiger partial charge on any atom is -0.371 e. The van der Waals surface area contributed by atoms with E-state index in [1.54, 1.807) is 0 Å². The highest BCUT2D eigenvalue weighted by atomic mass is 35.5. The number of hydrogen-bond donors (Lipinski definition) is 1. The molecule has 0 spiro atoms. The molecule has 2 nitrogen and oxygen atoms in total. The second kappa shape index (κ2) is 7.16. The molecule has 1 aromatic carbocycles. The highest BCUT2D eigenvalue weighted by Crippen LogP contribution is 2.29. The fourth-order valence-corrected chi connectivity index (χ4v) is 3.25. The monoisotopic (exact) mass is 280 g/mol. The summed E-state index contributed by atoms with van der Waals surface area (Å²) in [6.07, 6.45) is 6.18. The SMILES string of the molecule is CCCC1CCN(c2ccc(CCN)c(Cl)c2)CC1. The summed E-state index contributed by atoms with van der Waals surface area (Å²) in [4.78, 5) is 2.46. The average Bonchev–Trinajstić information content (AvgIpc) is 2.43. The number of piperidine rings is 1. The average molecular weight is 281 g/mol. The summed E-state index contributed by atoms with van der Waals surface area (Å²) in [6, 6.07) is 6.42. The standard InChI is InChI=1S/C16H25ClN2/c1-2-3-13-7-10-19(11-8-13)15-5-4-14(6-9-18)16(17)12-15/h4-5,12-13H,2-3,6-11,18H2,1H3. The van der Waals surface area contributed by atoms with Gasteiger partial charge in [-0.15, -0.1) is 0 Å². The molecule has 0 aliphatic carbocycles. The molecule has 0 aromatic heterocycles. The molecular weight excluding hydrogens is 256 g/mol. The molecule has 3 heteroatoms. The molecule has 0 unspecified atom stereocenters. The third-order valence-corrected chi connectivity index (χ3v) is 4.48. The molecule has 0 amide bonds. The van der Waals surface area contributed by atoms with Gasteiger partial charge in [0.05, 0.1) is 0 Å². The summed E-state index contributed by atoms with van der Waals surface area (Å²) in [5.41, 5.74) is 8.01. The van der Waals surface area contributed by atoms with E-state index in [1.807, 2.05) is 0 Å². The summed E-state index contributed by atoms with van der Waals surface area (Å²) < 4.78 is 0. The lowest BCUT2D eigenvalue weighted by molar-refractivity contribution is 0.378. The quantitative estimate of drug-likeness (QED) is 0.887. The van der Waals surface area contributed by atoms with E-state index in [2.05, 4.69) is 30.0 Å². The van der Waals surface area contributed by atoms with Crippen molar-refractivity contribution in [3.05, 3.63) is 28.8 Å². The van der Waals surface area contributed by atoms with E-state index in [0.717, 1.165) is 36.0 Å². The summed E-state index contributed by atoms with van der Waals surface area (Å²) >= 11 is 6.32. The maximum Gasteiger partial charge on any atom is 0.0459 e. The van der Waals surface area contributed by atoms with Gasteiger partial charge in [0.2, 0.25) is 0 Å². The van der Waals surface area contributed by atoms with Crippen LogP contribution >= 0.6 is 11.6 Å². The highest BCUT2D eigenvalue weighted by Gasteiger charge is 2.19. The minimum atomic E-state index is 0.654. The van der Waals surface area contributed by atoms with E-state index in [-0.39, 0.29) is 0 Å². The fraction of sp³-hybridized carbons (Fsp3) is 0.625. The first-order valence-electron chi connectivity index (χ1n) is 7.48. The zero-order valence-corrected chi connectivity index (χ0v) is 12.6. The molecule has 1 saturated heterocycles. The van der Waals surface area contributed by atoms with E-state index in [9.17, 15) is 0 Å². The molecule has 2 rings (SSSR count). The molecule has 0 radical (unpaired) electrons. The Hall–Kier alpha value is -0.730. The molecule has 0 saturated carbocycles. The summed E-state index contributed by atoms with van der Waals surface area (Å²) in [7, 11) is 0. The molecule has 0 atom stereocenters. The van der Waals surface area contributed by atoms with Crippen LogP contribution in [0.5, 0.6) is 0 Å². The molecule has 19 heavy (non-hydrogen) atoms. The van der Waals surface area contributed by atoms with Gasteiger partial charge in [-0.1, -0.05) is 37.4 Å². The van der Waals surface area contributed by atoms with Gasteiger partial charge in [-0.25, -0.2) is 0 Å². The van der Waals surface area contributed by atoms with Gasteiger partial charge in [-0.2, -0.15) is 0 Å². The summed E-state index contributed by atoms with van der Waals surface area (Å²) in [5, 5.41) is 0.860. The highest BCUT2D eigenvalue weighted by molar-refractivity contribution is 6.31. The predicted molar refractivity (Wildman–Crippen MR) is 84.1 cm³/mol. The summed E-state index contributed by atoms with van der Waals surface area (Å²) in [6.45, 7) is 5.26. The Balaban J connectivity index is 1.97. The van der Waals surface area contributed by atoms with Crippen molar-refractivity contribution in [3.8, 4) is 0 Å². The van der Waals surface area contributed by atoms with E-state index in [1.165, 1.54) is 31.4 Å². The van der Waals surface area contributed by atoms with Gasteiger partial charge in [0.25, 0.3) is 0 Å². The van der Waals surface area contributed by atoms with Crippen LogP contribution in [0, 0.1) is 5.92 Å². The van der Waals surface area contributed by atoms with Crippen LogP contribution in [0.1, 0.15) is 38.2 Å². The third-order valence-electron chi connectivity index (χ3n) is 4.13. The number of rotatable bonds is 5. The van der Waals surface area contributed by atoms with Gasteiger partial charge >= 0.3 is 0 Å². The Morgan fingerprint density at radius 1 is 1.32 bits per heavy atom. The molecule has 1 aromatic rings. The largest absolute Gasteiger partial charge is 0.371 e. The molecule has 106 valence electrons. The Labute approximate surface area is 121 Å². The first-order valence-corrected chi connectivity index (χ1v) is 7.85. The van der Waals surface area contributed by atoms with Crippen molar-refractivity contribution < 1.29 is 0 Å². The Morgan fingerprint density at radius 2 is 2.05 bits per heavy atom. The van der Waals surface area contributed by atoms with E-state index < -0.39 is 0 Å². The van der Waals surface area contributed by atoms with Gasteiger partial charge in [0.15, 0.2) is 0 Å². The van der Waals surface area contributed by atoms with Crippen LogP contribution in [0.15, 0.2) is 18.2 Å². The van der Waals surface area contributed by atoms with E-state index >= 15 is 0 Å². The number of anilines is 1. The van der Waals surface area contributed by atoms with Gasteiger partial charge in [0.1, 0.15) is 0 Å². The lowest BCUT2D eigenvalue weighted by Crippen LogP contribution is -2.33. The van der Waals surface area contributed by atoms with Crippen molar-refractivity contribution in [1.82, 2.24) is 0 Å². The number of hydrogen-bond acceptors (Lipinski definition) is 2. The normalized spacial score (nSPS) is 16.9. The van der Waals surface area contributed by atoms with Gasteiger partial charge in [-0.05, 0) is 49.4 Å². The molecule has 1 aliphatic rings. The molecule has 0 bridgehead atoms. The van der Waals surface area contributed by atoms with Crippen LogP contribution in [0.4, 0.5) is 5.69 Å². The number of benzene rings is 1. The van der Waals surface area contributed by atoms with Crippen molar-refractivity contribution >= 4 is 17.3 Å². The zero-order valence-electron chi connectivity index (χ0n) is 11.9. The second-order valence-electron chi connectivity index (χ2n) is 5.53. The lowest BCUT2D eigenvalue weighted by Gasteiger charge is -2.33. The third kappa shape index (κ3) is 3.87. The Morgan fingerprint density at radius 3 is 2.63 bits per heavy atom. The van der Waals surface area contributed by atoms with Crippen LogP contribution in [0.2, 0.25) is 5.02 Å². The zero-order chi connectivity index (χ0) is 13.7. The van der Waals surface area contributed by atoms with E-state index in [0.29, 0.717) is 6.54 Å². The van der Waals surface area contributed by atoms with Crippen molar-refractivity contribution in [3.63, 3.8) is 0 Å². The number of nitrogens with two attached hydrogens (primary N) is 1. The maximum atomic E-state index is 6.32. The van der Waals surface area contributed by atoms with Gasteiger partial charge in [0, 0.05) is 23.8 Å². The van der Waals surface area contributed by atoms with Crippen molar-refractivity contribution in [2.75, 3.05) is 24.5 Å². The lowest BCUT2D eigenvalue weighted by atomic mass is 9.92. The number of halogens is 1. The maximum absolute atomic E-state index is 6.32. The smallest absolute Gasteiger partial charge is 0.0459 e. The van der Waals surface area contributed by atoms with E-state index in [4.69, 9.17) is 17.3 Å². The van der Waals surface area contributed by atoms with Crippen molar-refractivity contribution in [2.24, 2.45) is 11.7 Å². The minimum absolute atomic E-state index is 0.654. The fourth-order valence-electron chi connectivity index (χ4n) is 2.98. The predicted octanol–water partition coefficient (Wildman–Crippen LogP) is 3.86. The Bertz CT molecular complexity index is 398. The second-order valence-corrected chi connectivity index (χ2v) is 5.94. The molecule has 1 aliphatic heterocycles. The van der Waals surface area contributed by atoms with Crippen molar-refractivity contribution in [2.45, 2.75) is 39.0 Å². The topological polar surface area (TPSA) is 29.3 Å². The number of nitrogens with zero attached hydrogens (tertiary/aromatic N) is 1. The molecule has 1 fully saturated rings. The van der Waals surface area contributed by atoms with Crippen molar-refractivity contribution in [1.29, 1.82) is 0 Å². The van der Waals surface area contributed by atoms with Crippen LogP contribution < -0.4 is 10.6 Å².